The van der Waals surface area contributed by atoms with E-state index in [0.717, 1.165) is 0 Å². The molecule has 0 heterocycles. The molecule has 0 unspecified atom stereocenters. The quantitative estimate of drug-likeness (QED) is 0.266. The number of rotatable bonds is 1. The molecule has 4 nitrogen and oxygen atoms in total. The highest BCUT2D eigenvalue weighted by Crippen LogP contribution is 2.24. The van der Waals surface area contributed by atoms with Crippen molar-refractivity contribution in [1.82, 2.24) is 0 Å². The van der Waals surface area contributed by atoms with E-state index in [-0.39, 0.29) is 22.2 Å². The fourth-order valence-electron chi connectivity index (χ4n) is 0.816. The number of hydrogen-bond acceptors (Lipinski definition) is 3. The Bertz CT molecular complexity index is 305. The molecule has 0 fully saturated rings. The molecule has 1 aromatic carbocycles. The average molecular weight is 187 g/mol. The normalized spacial score (nSPS) is 11.6. The number of phenolic OH excluding ortho intramolecular Hbond substituents is 1. The second-order valence-corrected chi connectivity index (χ2v) is 2.53. The van der Waals surface area contributed by atoms with Crippen LogP contribution in [-0.4, -0.2) is 16.1 Å². The topological polar surface area (TPSA) is 78.8 Å². The van der Waals surface area contributed by atoms with Gasteiger partial charge in [-0.3, -0.25) is 0 Å². The summed E-state index contributed by atoms with van der Waals surface area (Å²) in [6.07, 6.45) is 0. The number of hydrogen-bond donors (Lipinski definition) is 3. The Kier molecular flexibility index (Phi) is 2.40. The zero-order valence-corrected chi connectivity index (χ0v) is 6.78. The van der Waals surface area contributed by atoms with E-state index in [2.05, 4.69) is 5.16 Å². The van der Waals surface area contributed by atoms with E-state index in [1.54, 1.807) is 6.07 Å². The molecule has 1 aromatic rings. The molecule has 0 atom stereocenters. The van der Waals surface area contributed by atoms with Crippen LogP contribution in [0.4, 0.5) is 0 Å². The highest BCUT2D eigenvalue weighted by atomic mass is 35.5. The van der Waals surface area contributed by atoms with Crippen LogP contribution in [0.15, 0.2) is 23.4 Å². The van der Waals surface area contributed by atoms with Gasteiger partial charge in [-0.1, -0.05) is 22.8 Å². The minimum atomic E-state index is -0.210. The second kappa shape index (κ2) is 3.32. The number of halogens is 1. The summed E-state index contributed by atoms with van der Waals surface area (Å²) in [6, 6.07) is 4.50. The van der Waals surface area contributed by atoms with Crippen molar-refractivity contribution >= 4 is 17.4 Å². The minimum Gasteiger partial charge on any atom is -0.507 e. The number of oxime groups is 1. The molecule has 0 aliphatic heterocycles. The molecule has 1 rings (SSSR count). The first-order valence-electron chi connectivity index (χ1n) is 3.12. The van der Waals surface area contributed by atoms with Crippen LogP contribution in [0.2, 0.25) is 5.02 Å². The fraction of sp³-hybridized carbons (Fsp3) is 0. The molecular weight excluding hydrogens is 180 g/mol. The van der Waals surface area contributed by atoms with Gasteiger partial charge in [0.2, 0.25) is 0 Å². The van der Waals surface area contributed by atoms with Crippen LogP contribution in [-0.2, 0) is 0 Å². The largest absolute Gasteiger partial charge is 0.507 e. The molecule has 0 saturated heterocycles. The Hall–Kier alpha value is -1.42. The molecule has 0 aliphatic carbocycles. The zero-order valence-electron chi connectivity index (χ0n) is 6.03. The summed E-state index contributed by atoms with van der Waals surface area (Å²) in [5.74, 6) is -0.323. The van der Waals surface area contributed by atoms with Gasteiger partial charge in [0.1, 0.15) is 5.75 Å². The molecule has 0 aromatic heterocycles. The lowest BCUT2D eigenvalue weighted by Gasteiger charge is -2.03. The van der Waals surface area contributed by atoms with Gasteiger partial charge in [-0.25, -0.2) is 0 Å². The predicted octanol–water partition coefficient (Wildman–Crippen LogP) is 1.14. The highest BCUT2D eigenvalue weighted by Gasteiger charge is 2.09. The molecule has 0 saturated carbocycles. The van der Waals surface area contributed by atoms with Gasteiger partial charge >= 0.3 is 0 Å². The van der Waals surface area contributed by atoms with E-state index in [9.17, 15) is 5.11 Å². The van der Waals surface area contributed by atoms with Crippen molar-refractivity contribution in [3.63, 3.8) is 0 Å². The van der Waals surface area contributed by atoms with Gasteiger partial charge in [0.05, 0.1) is 10.6 Å². The maximum absolute atomic E-state index is 9.24. The van der Waals surface area contributed by atoms with Crippen molar-refractivity contribution in [3.05, 3.63) is 28.8 Å². The lowest BCUT2D eigenvalue weighted by molar-refractivity contribution is 0.318. The smallest absolute Gasteiger partial charge is 0.175 e. The van der Waals surface area contributed by atoms with Gasteiger partial charge < -0.3 is 16.0 Å². The van der Waals surface area contributed by atoms with Gasteiger partial charge in [-0.05, 0) is 12.1 Å². The van der Waals surface area contributed by atoms with Gasteiger partial charge in [-0.2, -0.15) is 0 Å². The number of aromatic hydroxyl groups is 1. The third-order valence-electron chi connectivity index (χ3n) is 1.36. The van der Waals surface area contributed by atoms with Crippen molar-refractivity contribution in [2.24, 2.45) is 10.9 Å². The first-order chi connectivity index (χ1) is 5.66. The summed E-state index contributed by atoms with van der Waals surface area (Å²) in [5, 5.41) is 20.5. The molecule has 0 amide bonds. The summed E-state index contributed by atoms with van der Waals surface area (Å²) in [4.78, 5) is 0. The van der Waals surface area contributed by atoms with Gasteiger partial charge in [0.25, 0.3) is 0 Å². The number of nitrogens with two attached hydrogens (primary N) is 1. The lowest BCUT2D eigenvalue weighted by atomic mass is 10.2. The Morgan fingerprint density at radius 3 is 2.67 bits per heavy atom. The number of benzene rings is 1. The van der Waals surface area contributed by atoms with Crippen LogP contribution in [0.5, 0.6) is 5.75 Å². The van der Waals surface area contributed by atoms with Crippen molar-refractivity contribution in [2.45, 2.75) is 0 Å². The monoisotopic (exact) mass is 186 g/mol. The molecule has 0 spiro atoms. The minimum absolute atomic E-state index is 0.113. The van der Waals surface area contributed by atoms with Crippen molar-refractivity contribution in [2.75, 3.05) is 0 Å². The van der Waals surface area contributed by atoms with E-state index in [0.29, 0.717) is 0 Å². The first kappa shape index (κ1) is 8.67. The lowest BCUT2D eigenvalue weighted by Crippen LogP contribution is -2.13. The average Bonchev–Trinajstić information content (AvgIpc) is 2.03. The number of amidine groups is 1. The maximum Gasteiger partial charge on any atom is 0.175 e. The fourth-order valence-corrected chi connectivity index (χ4v) is 1.08. The van der Waals surface area contributed by atoms with E-state index in [1.807, 2.05) is 0 Å². The van der Waals surface area contributed by atoms with Crippen molar-refractivity contribution in [1.29, 1.82) is 0 Å². The summed E-state index contributed by atoms with van der Waals surface area (Å²) < 4.78 is 0. The SMILES string of the molecule is NC(=NO)c1c(O)cccc1Cl. The summed E-state index contributed by atoms with van der Waals surface area (Å²) >= 11 is 5.67. The number of phenols is 1. The standard InChI is InChI=1S/C7H7ClN2O2/c8-4-2-1-3-5(11)6(4)7(9)10-12/h1-3,11-12H,(H2,9,10). The molecule has 5 heteroatoms. The van der Waals surface area contributed by atoms with E-state index in [1.165, 1.54) is 12.1 Å². The van der Waals surface area contributed by atoms with E-state index < -0.39 is 0 Å². The van der Waals surface area contributed by atoms with E-state index in [4.69, 9.17) is 22.5 Å². The van der Waals surface area contributed by atoms with Crippen LogP contribution >= 0.6 is 11.6 Å². The van der Waals surface area contributed by atoms with Crippen LogP contribution < -0.4 is 5.73 Å². The predicted molar refractivity (Wildman–Crippen MR) is 45.6 cm³/mol. The Labute approximate surface area is 73.9 Å². The summed E-state index contributed by atoms with van der Waals surface area (Å²) in [5.41, 5.74) is 5.39. The molecule has 4 N–H and O–H groups in total. The van der Waals surface area contributed by atoms with Crippen LogP contribution in [0.1, 0.15) is 5.56 Å². The Balaban J connectivity index is 3.31. The van der Waals surface area contributed by atoms with Crippen molar-refractivity contribution in [3.8, 4) is 5.75 Å². The molecule has 64 valence electrons. The third kappa shape index (κ3) is 1.43. The van der Waals surface area contributed by atoms with Crippen LogP contribution in [0.3, 0.4) is 0 Å². The molecule has 0 aliphatic rings. The Morgan fingerprint density at radius 1 is 1.50 bits per heavy atom. The molecular formula is C7H7ClN2O2. The Morgan fingerprint density at radius 2 is 2.17 bits per heavy atom. The van der Waals surface area contributed by atoms with Gasteiger partial charge in [0, 0.05) is 0 Å². The van der Waals surface area contributed by atoms with Crippen LogP contribution in [0.25, 0.3) is 0 Å². The van der Waals surface area contributed by atoms with Crippen LogP contribution in [0, 0.1) is 0 Å². The van der Waals surface area contributed by atoms with Crippen molar-refractivity contribution < 1.29 is 10.3 Å². The third-order valence-corrected chi connectivity index (χ3v) is 1.67. The van der Waals surface area contributed by atoms with Gasteiger partial charge in [-0.15, -0.1) is 0 Å². The van der Waals surface area contributed by atoms with Gasteiger partial charge in [0.15, 0.2) is 5.84 Å². The summed E-state index contributed by atoms with van der Waals surface area (Å²) in [6.45, 7) is 0. The zero-order chi connectivity index (χ0) is 9.14. The molecule has 0 radical (unpaired) electrons. The molecule has 12 heavy (non-hydrogen) atoms. The summed E-state index contributed by atoms with van der Waals surface area (Å²) in [7, 11) is 0. The number of nitrogens with zero attached hydrogens (tertiary/aromatic N) is 1. The molecule has 0 bridgehead atoms. The second-order valence-electron chi connectivity index (χ2n) is 2.12. The maximum atomic E-state index is 9.24. The van der Waals surface area contributed by atoms with E-state index >= 15 is 0 Å². The first-order valence-corrected chi connectivity index (χ1v) is 3.50. The highest BCUT2D eigenvalue weighted by molar-refractivity contribution is 6.34.